The normalized spacial score (nSPS) is 14.0. The van der Waals surface area contributed by atoms with E-state index in [0.717, 1.165) is 18.7 Å². The van der Waals surface area contributed by atoms with E-state index in [0.29, 0.717) is 5.92 Å². The summed E-state index contributed by atoms with van der Waals surface area (Å²) in [5.74, 6) is 1.54. The average molecular weight is 191 g/mol. The molecule has 0 bridgehead atoms. The van der Waals surface area contributed by atoms with Crippen molar-refractivity contribution in [3.63, 3.8) is 0 Å². The van der Waals surface area contributed by atoms with Gasteiger partial charge in [-0.2, -0.15) is 0 Å². The molecular weight excluding hydrogens is 174 g/mol. The van der Waals surface area contributed by atoms with Crippen LogP contribution < -0.4 is 10.1 Å². The van der Waals surface area contributed by atoms with Gasteiger partial charge in [-0.1, -0.05) is 13.8 Å². The Morgan fingerprint density at radius 1 is 1.36 bits per heavy atom. The molecule has 1 heterocycles. The van der Waals surface area contributed by atoms with Crippen LogP contribution in [-0.4, -0.2) is 13.7 Å². The standard InChI is InChI=1S/C12H17NO/c1-8(2)10-7-11-9(4-5-13-11)6-12(10)14-3/h6-8,13H,4-5H2,1-3H3. The van der Waals surface area contributed by atoms with Crippen molar-refractivity contribution in [2.24, 2.45) is 0 Å². The molecule has 0 amide bonds. The fraction of sp³-hybridized carbons (Fsp3) is 0.500. The Morgan fingerprint density at radius 3 is 2.79 bits per heavy atom. The minimum atomic E-state index is 0.512. The number of hydrogen-bond donors (Lipinski definition) is 1. The molecule has 0 spiro atoms. The first-order valence-electron chi connectivity index (χ1n) is 5.17. The van der Waals surface area contributed by atoms with Crippen LogP contribution in [0.3, 0.4) is 0 Å². The summed E-state index contributed by atoms with van der Waals surface area (Å²) < 4.78 is 5.40. The van der Waals surface area contributed by atoms with E-state index in [4.69, 9.17) is 4.74 Å². The Labute approximate surface area is 85.3 Å². The van der Waals surface area contributed by atoms with Crippen molar-refractivity contribution < 1.29 is 4.74 Å². The van der Waals surface area contributed by atoms with Crippen LogP contribution in [0.15, 0.2) is 12.1 Å². The molecule has 2 rings (SSSR count). The van der Waals surface area contributed by atoms with Crippen molar-refractivity contribution in [1.29, 1.82) is 0 Å². The van der Waals surface area contributed by atoms with Gasteiger partial charge in [0.2, 0.25) is 0 Å². The van der Waals surface area contributed by atoms with E-state index in [2.05, 4.69) is 31.3 Å². The lowest BCUT2D eigenvalue weighted by atomic mass is 9.99. The lowest BCUT2D eigenvalue weighted by Gasteiger charge is -2.13. The average Bonchev–Trinajstić information content (AvgIpc) is 2.62. The van der Waals surface area contributed by atoms with Crippen molar-refractivity contribution in [3.8, 4) is 5.75 Å². The van der Waals surface area contributed by atoms with Gasteiger partial charge < -0.3 is 10.1 Å². The van der Waals surface area contributed by atoms with Crippen molar-refractivity contribution >= 4 is 5.69 Å². The second-order valence-corrected chi connectivity index (χ2v) is 4.08. The van der Waals surface area contributed by atoms with E-state index >= 15 is 0 Å². The Balaban J connectivity index is 2.49. The van der Waals surface area contributed by atoms with Crippen molar-refractivity contribution in [2.45, 2.75) is 26.2 Å². The van der Waals surface area contributed by atoms with Gasteiger partial charge in [0.15, 0.2) is 0 Å². The van der Waals surface area contributed by atoms with E-state index < -0.39 is 0 Å². The third kappa shape index (κ3) is 1.45. The van der Waals surface area contributed by atoms with Gasteiger partial charge in [0.25, 0.3) is 0 Å². The molecule has 1 aromatic rings. The van der Waals surface area contributed by atoms with Crippen LogP contribution in [0.25, 0.3) is 0 Å². The topological polar surface area (TPSA) is 21.3 Å². The van der Waals surface area contributed by atoms with E-state index in [1.165, 1.54) is 16.8 Å². The molecule has 76 valence electrons. The largest absolute Gasteiger partial charge is 0.496 e. The SMILES string of the molecule is COc1cc2c(cc1C(C)C)NCC2. The molecule has 1 aliphatic heterocycles. The van der Waals surface area contributed by atoms with Crippen LogP contribution in [0.1, 0.15) is 30.9 Å². The highest BCUT2D eigenvalue weighted by atomic mass is 16.5. The van der Waals surface area contributed by atoms with Crippen molar-refractivity contribution in [3.05, 3.63) is 23.3 Å². The second kappa shape index (κ2) is 3.52. The van der Waals surface area contributed by atoms with Crippen molar-refractivity contribution in [1.82, 2.24) is 0 Å². The van der Waals surface area contributed by atoms with Gasteiger partial charge in [0.05, 0.1) is 7.11 Å². The summed E-state index contributed by atoms with van der Waals surface area (Å²) in [5.41, 5.74) is 3.96. The second-order valence-electron chi connectivity index (χ2n) is 4.08. The maximum absolute atomic E-state index is 5.40. The molecule has 0 aromatic heterocycles. The van der Waals surface area contributed by atoms with E-state index in [-0.39, 0.29) is 0 Å². The zero-order valence-electron chi connectivity index (χ0n) is 9.05. The summed E-state index contributed by atoms with van der Waals surface area (Å²) in [7, 11) is 1.75. The first-order chi connectivity index (χ1) is 6.72. The first-order valence-corrected chi connectivity index (χ1v) is 5.17. The van der Waals surface area contributed by atoms with E-state index in [1.807, 2.05) is 0 Å². The quantitative estimate of drug-likeness (QED) is 0.776. The maximum Gasteiger partial charge on any atom is 0.122 e. The van der Waals surface area contributed by atoms with Gasteiger partial charge in [-0.05, 0) is 35.6 Å². The Kier molecular flexibility index (Phi) is 2.36. The molecular formula is C12H17NO. The number of hydrogen-bond acceptors (Lipinski definition) is 2. The minimum Gasteiger partial charge on any atom is -0.496 e. The van der Waals surface area contributed by atoms with E-state index in [1.54, 1.807) is 7.11 Å². The lowest BCUT2D eigenvalue weighted by molar-refractivity contribution is 0.407. The summed E-state index contributed by atoms with van der Waals surface area (Å²) in [4.78, 5) is 0. The number of rotatable bonds is 2. The molecule has 0 saturated heterocycles. The molecule has 0 aliphatic carbocycles. The first kappa shape index (κ1) is 9.38. The maximum atomic E-state index is 5.40. The van der Waals surface area contributed by atoms with Crippen LogP contribution in [-0.2, 0) is 6.42 Å². The molecule has 14 heavy (non-hydrogen) atoms. The predicted octanol–water partition coefficient (Wildman–Crippen LogP) is 2.79. The van der Waals surface area contributed by atoms with Crippen LogP contribution in [0.2, 0.25) is 0 Å². The molecule has 2 nitrogen and oxygen atoms in total. The fourth-order valence-electron chi connectivity index (χ4n) is 1.97. The number of nitrogens with one attached hydrogen (secondary N) is 1. The lowest BCUT2D eigenvalue weighted by Crippen LogP contribution is -1.96. The highest BCUT2D eigenvalue weighted by Gasteiger charge is 2.15. The number of methoxy groups -OCH3 is 1. The van der Waals surface area contributed by atoms with Crippen LogP contribution in [0.5, 0.6) is 5.75 Å². The van der Waals surface area contributed by atoms with Gasteiger partial charge in [0.1, 0.15) is 5.75 Å². The minimum absolute atomic E-state index is 0.512. The summed E-state index contributed by atoms with van der Waals surface area (Å²) in [6.07, 6.45) is 1.12. The monoisotopic (exact) mass is 191 g/mol. The Bertz CT molecular complexity index is 344. The van der Waals surface area contributed by atoms with Crippen LogP contribution in [0.4, 0.5) is 5.69 Å². The van der Waals surface area contributed by atoms with Gasteiger partial charge >= 0.3 is 0 Å². The fourth-order valence-corrected chi connectivity index (χ4v) is 1.97. The third-order valence-electron chi connectivity index (χ3n) is 2.79. The highest BCUT2D eigenvalue weighted by molar-refractivity contribution is 5.61. The molecule has 1 aromatic carbocycles. The van der Waals surface area contributed by atoms with Gasteiger partial charge in [-0.15, -0.1) is 0 Å². The number of ether oxygens (including phenoxy) is 1. The molecule has 0 saturated carbocycles. The molecule has 0 unspecified atom stereocenters. The Morgan fingerprint density at radius 2 is 2.14 bits per heavy atom. The molecule has 1 aliphatic rings. The van der Waals surface area contributed by atoms with Gasteiger partial charge in [0, 0.05) is 12.2 Å². The molecule has 0 fully saturated rings. The summed E-state index contributed by atoms with van der Waals surface area (Å²) in [5, 5.41) is 3.39. The van der Waals surface area contributed by atoms with Crippen LogP contribution >= 0.6 is 0 Å². The third-order valence-corrected chi connectivity index (χ3v) is 2.79. The van der Waals surface area contributed by atoms with Gasteiger partial charge in [-0.25, -0.2) is 0 Å². The van der Waals surface area contributed by atoms with Crippen molar-refractivity contribution in [2.75, 3.05) is 19.0 Å². The van der Waals surface area contributed by atoms with Gasteiger partial charge in [-0.3, -0.25) is 0 Å². The molecule has 0 radical (unpaired) electrons. The number of fused-ring (bicyclic) bond motifs is 1. The smallest absolute Gasteiger partial charge is 0.122 e. The summed E-state index contributed by atoms with van der Waals surface area (Å²) >= 11 is 0. The number of benzene rings is 1. The number of anilines is 1. The predicted molar refractivity (Wildman–Crippen MR) is 59.3 cm³/mol. The summed E-state index contributed by atoms with van der Waals surface area (Å²) in [6.45, 7) is 5.44. The molecule has 1 N–H and O–H groups in total. The molecule has 2 heteroatoms. The Hall–Kier alpha value is -1.18. The summed E-state index contributed by atoms with van der Waals surface area (Å²) in [6, 6.07) is 4.40. The van der Waals surface area contributed by atoms with Crippen LogP contribution in [0, 0.1) is 0 Å². The zero-order chi connectivity index (χ0) is 10.1. The molecule has 0 atom stereocenters. The zero-order valence-corrected chi connectivity index (χ0v) is 9.05. The highest BCUT2D eigenvalue weighted by Crippen LogP contribution is 2.34. The van der Waals surface area contributed by atoms with E-state index in [9.17, 15) is 0 Å².